The second-order valence-corrected chi connectivity index (χ2v) is 6.58. The Hall–Kier alpha value is -4.01. The van der Waals surface area contributed by atoms with Gasteiger partial charge < -0.3 is 24.5 Å². The molecule has 2 N–H and O–H groups in total. The van der Waals surface area contributed by atoms with Crippen LogP contribution in [0.1, 0.15) is 5.69 Å². The Morgan fingerprint density at radius 3 is 2.42 bits per heavy atom. The molecule has 0 atom stereocenters. The number of nitrogens with one attached hydrogen (secondary N) is 2. The fraction of sp³-hybridized carbons (Fsp3) is 0.227. The average molecular weight is 424 g/mol. The van der Waals surface area contributed by atoms with Crippen LogP contribution in [0, 0.1) is 0 Å². The third-order valence-corrected chi connectivity index (χ3v) is 4.52. The van der Waals surface area contributed by atoms with Crippen LogP contribution in [0.2, 0.25) is 0 Å². The van der Waals surface area contributed by atoms with Crippen molar-refractivity contribution in [1.82, 2.24) is 10.3 Å². The molecule has 0 aliphatic rings. The second kappa shape index (κ2) is 10.1. The molecular weight excluding hydrogens is 400 g/mol. The summed E-state index contributed by atoms with van der Waals surface area (Å²) in [6.45, 7) is 0.392. The number of carbonyl (C=O) groups excluding carboxylic acids is 2. The minimum atomic E-state index is -0.471. The van der Waals surface area contributed by atoms with E-state index in [1.807, 2.05) is 24.3 Å². The van der Waals surface area contributed by atoms with Gasteiger partial charge in [0, 0.05) is 37.0 Å². The summed E-state index contributed by atoms with van der Waals surface area (Å²) in [6, 6.07) is 13.9. The highest BCUT2D eigenvalue weighted by Gasteiger charge is 2.11. The summed E-state index contributed by atoms with van der Waals surface area (Å²) >= 11 is 0. The van der Waals surface area contributed by atoms with Crippen molar-refractivity contribution in [3.8, 4) is 17.2 Å². The first kappa shape index (κ1) is 21.7. The molecule has 0 saturated carbocycles. The van der Waals surface area contributed by atoms with E-state index in [0.717, 1.165) is 17.0 Å². The Labute approximate surface area is 180 Å². The third kappa shape index (κ3) is 5.75. The fourth-order valence-electron chi connectivity index (χ4n) is 2.78. The fourth-order valence-corrected chi connectivity index (χ4v) is 2.78. The van der Waals surface area contributed by atoms with E-state index in [0.29, 0.717) is 30.2 Å². The highest BCUT2D eigenvalue weighted by atomic mass is 16.5. The lowest BCUT2D eigenvalue weighted by Crippen LogP contribution is -2.30. The molecule has 0 unspecified atom stereocenters. The molecule has 1 aromatic heterocycles. The number of hydrogen-bond acceptors (Lipinski definition) is 6. The average Bonchev–Trinajstić information content (AvgIpc) is 3.27. The predicted octanol–water partition coefficient (Wildman–Crippen LogP) is 3.92. The van der Waals surface area contributed by atoms with Crippen molar-refractivity contribution in [2.24, 2.45) is 0 Å². The molecule has 0 aliphatic carbocycles. The quantitative estimate of drug-likeness (QED) is 0.596. The molecule has 162 valence electrons. The Morgan fingerprint density at radius 2 is 1.77 bits per heavy atom. The van der Waals surface area contributed by atoms with Crippen molar-refractivity contribution in [3.05, 3.63) is 60.5 Å². The Kier molecular flexibility index (Phi) is 7.10. The van der Waals surface area contributed by atoms with E-state index in [1.165, 1.54) is 12.0 Å². The van der Waals surface area contributed by atoms with Crippen LogP contribution in [0.4, 0.5) is 21.0 Å². The standard InChI is InChI=1S/C22H24N4O5/c1-26(22(28)30-3)18-8-6-16(7-9-18)25-21(27)23-13-12-17-14-31-20(24-17)15-4-10-19(29-2)11-5-15/h4-11,14H,12-13H2,1-3H3,(H2,23,25,27). The molecule has 3 rings (SSSR count). The second-order valence-electron chi connectivity index (χ2n) is 6.58. The number of anilines is 2. The summed E-state index contributed by atoms with van der Waals surface area (Å²) in [5.41, 5.74) is 2.83. The maximum absolute atomic E-state index is 12.1. The third-order valence-electron chi connectivity index (χ3n) is 4.52. The smallest absolute Gasteiger partial charge is 0.413 e. The molecule has 0 radical (unpaired) electrons. The molecular formula is C22H24N4O5. The van der Waals surface area contributed by atoms with Crippen molar-refractivity contribution in [2.45, 2.75) is 6.42 Å². The van der Waals surface area contributed by atoms with Crippen LogP contribution in [0.25, 0.3) is 11.5 Å². The van der Waals surface area contributed by atoms with Crippen molar-refractivity contribution < 1.29 is 23.5 Å². The minimum absolute atomic E-state index is 0.340. The molecule has 31 heavy (non-hydrogen) atoms. The number of oxazole rings is 1. The molecule has 0 bridgehead atoms. The summed E-state index contributed by atoms with van der Waals surface area (Å²) < 4.78 is 15.3. The van der Waals surface area contributed by atoms with Crippen molar-refractivity contribution >= 4 is 23.5 Å². The lowest BCUT2D eigenvalue weighted by molar-refractivity contribution is 0.180. The summed E-state index contributed by atoms with van der Waals surface area (Å²) in [4.78, 5) is 29.4. The topological polar surface area (TPSA) is 106 Å². The number of urea groups is 1. The van der Waals surface area contributed by atoms with Gasteiger partial charge in [0.2, 0.25) is 5.89 Å². The van der Waals surface area contributed by atoms with Gasteiger partial charge in [0.1, 0.15) is 12.0 Å². The van der Waals surface area contributed by atoms with Gasteiger partial charge >= 0.3 is 12.1 Å². The van der Waals surface area contributed by atoms with Crippen LogP contribution < -0.4 is 20.3 Å². The van der Waals surface area contributed by atoms with Crippen molar-refractivity contribution in [2.75, 3.05) is 38.0 Å². The maximum Gasteiger partial charge on any atom is 0.413 e. The van der Waals surface area contributed by atoms with Gasteiger partial charge in [0.15, 0.2) is 0 Å². The summed E-state index contributed by atoms with van der Waals surface area (Å²) in [5, 5.41) is 5.51. The van der Waals surface area contributed by atoms with Crippen molar-refractivity contribution in [3.63, 3.8) is 0 Å². The van der Waals surface area contributed by atoms with Gasteiger partial charge in [-0.15, -0.1) is 0 Å². The van der Waals surface area contributed by atoms with E-state index in [4.69, 9.17) is 9.15 Å². The number of hydrogen-bond donors (Lipinski definition) is 2. The lowest BCUT2D eigenvalue weighted by Gasteiger charge is -2.16. The Balaban J connectivity index is 1.46. The molecule has 0 aliphatic heterocycles. The van der Waals surface area contributed by atoms with Gasteiger partial charge in [-0.25, -0.2) is 14.6 Å². The molecule has 9 nitrogen and oxygen atoms in total. The largest absolute Gasteiger partial charge is 0.497 e. The van der Waals surface area contributed by atoms with E-state index < -0.39 is 6.09 Å². The molecule has 1 heterocycles. The van der Waals surface area contributed by atoms with Crippen LogP contribution >= 0.6 is 0 Å². The number of rotatable bonds is 7. The number of carbonyl (C=O) groups is 2. The van der Waals surface area contributed by atoms with Gasteiger partial charge in [-0.2, -0.15) is 0 Å². The zero-order chi connectivity index (χ0) is 22.2. The van der Waals surface area contributed by atoms with E-state index in [9.17, 15) is 9.59 Å². The SMILES string of the molecule is COC(=O)N(C)c1ccc(NC(=O)NCCc2coc(-c3ccc(OC)cc3)n2)cc1. The van der Waals surface area contributed by atoms with E-state index in [2.05, 4.69) is 20.4 Å². The molecule has 3 aromatic rings. The van der Waals surface area contributed by atoms with Crippen LogP contribution in [-0.4, -0.2) is 44.9 Å². The Morgan fingerprint density at radius 1 is 1.06 bits per heavy atom. The van der Waals surface area contributed by atoms with Gasteiger partial charge in [0.05, 0.1) is 19.9 Å². The zero-order valence-corrected chi connectivity index (χ0v) is 17.5. The van der Waals surface area contributed by atoms with E-state index >= 15 is 0 Å². The van der Waals surface area contributed by atoms with Crippen LogP contribution in [0.3, 0.4) is 0 Å². The van der Waals surface area contributed by atoms with E-state index in [-0.39, 0.29) is 6.03 Å². The van der Waals surface area contributed by atoms with Gasteiger partial charge in [-0.05, 0) is 48.5 Å². The number of methoxy groups -OCH3 is 2. The van der Waals surface area contributed by atoms with Crippen LogP contribution in [0.15, 0.2) is 59.2 Å². The Bertz CT molecular complexity index is 1020. The van der Waals surface area contributed by atoms with Crippen LogP contribution in [-0.2, 0) is 11.2 Å². The first-order valence-electron chi connectivity index (χ1n) is 9.55. The van der Waals surface area contributed by atoms with E-state index in [1.54, 1.807) is 44.7 Å². The first-order valence-corrected chi connectivity index (χ1v) is 9.55. The summed E-state index contributed by atoms with van der Waals surface area (Å²) in [6.07, 6.45) is 1.63. The number of ether oxygens (including phenoxy) is 2. The highest BCUT2D eigenvalue weighted by molar-refractivity contribution is 5.90. The minimum Gasteiger partial charge on any atom is -0.497 e. The van der Waals surface area contributed by atoms with Gasteiger partial charge in [-0.3, -0.25) is 4.90 Å². The van der Waals surface area contributed by atoms with Crippen LogP contribution in [0.5, 0.6) is 5.75 Å². The molecule has 3 amide bonds. The maximum atomic E-state index is 12.1. The predicted molar refractivity (Wildman–Crippen MR) is 116 cm³/mol. The first-order chi connectivity index (χ1) is 15.0. The van der Waals surface area contributed by atoms with Gasteiger partial charge in [0.25, 0.3) is 0 Å². The molecule has 9 heteroatoms. The van der Waals surface area contributed by atoms with Gasteiger partial charge in [-0.1, -0.05) is 0 Å². The number of benzene rings is 2. The monoisotopic (exact) mass is 424 g/mol. The summed E-state index contributed by atoms with van der Waals surface area (Å²) in [5.74, 6) is 1.27. The number of amides is 3. The van der Waals surface area contributed by atoms with Crippen molar-refractivity contribution in [1.29, 1.82) is 0 Å². The lowest BCUT2D eigenvalue weighted by atomic mass is 10.2. The molecule has 2 aromatic carbocycles. The number of nitrogens with zero attached hydrogens (tertiary/aromatic N) is 2. The zero-order valence-electron chi connectivity index (χ0n) is 17.5. The highest BCUT2D eigenvalue weighted by Crippen LogP contribution is 2.22. The summed E-state index contributed by atoms with van der Waals surface area (Å²) in [7, 11) is 4.53. The number of aromatic nitrogens is 1. The molecule has 0 spiro atoms. The molecule has 0 fully saturated rings. The normalized spacial score (nSPS) is 10.3. The molecule has 0 saturated heterocycles.